The largest absolute Gasteiger partial charge is 0.469 e. The van der Waals surface area contributed by atoms with Gasteiger partial charge in [0.25, 0.3) is 0 Å². The van der Waals surface area contributed by atoms with Gasteiger partial charge in [0.15, 0.2) is 0 Å². The van der Waals surface area contributed by atoms with Gasteiger partial charge in [0.1, 0.15) is 0 Å². The van der Waals surface area contributed by atoms with Crippen molar-refractivity contribution in [2.24, 2.45) is 0 Å². The van der Waals surface area contributed by atoms with Gasteiger partial charge in [-0.3, -0.25) is 4.79 Å². The molecule has 17 heavy (non-hydrogen) atoms. The van der Waals surface area contributed by atoms with Crippen LogP contribution in [0.2, 0.25) is 0 Å². The smallest absolute Gasteiger partial charge is 0.310 e. The van der Waals surface area contributed by atoms with E-state index in [4.69, 9.17) is 10.4 Å². The predicted molar refractivity (Wildman–Crippen MR) is 62.2 cm³/mol. The molecule has 0 aromatic heterocycles. The quantitative estimate of drug-likeness (QED) is 0.796. The Bertz CT molecular complexity index is 460. The molecule has 1 aromatic carbocycles. The lowest BCUT2D eigenvalue weighted by atomic mass is 9.93. The fraction of sp³-hybridized carbons (Fsp3) is 0.385. The summed E-state index contributed by atoms with van der Waals surface area (Å²) >= 11 is 0. The summed E-state index contributed by atoms with van der Waals surface area (Å²) in [4.78, 5) is 11.3. The molecule has 0 aliphatic carbocycles. The fourth-order valence-electron chi connectivity index (χ4n) is 1.76. The number of benzene rings is 1. The van der Waals surface area contributed by atoms with Crippen LogP contribution in [0.15, 0.2) is 12.1 Å². The van der Waals surface area contributed by atoms with E-state index in [0.717, 1.165) is 12.0 Å². The molecular formula is C13H15NO3. The van der Waals surface area contributed by atoms with Crippen LogP contribution in [0.3, 0.4) is 0 Å². The summed E-state index contributed by atoms with van der Waals surface area (Å²) in [5.41, 5.74) is 2.53. The van der Waals surface area contributed by atoms with Crippen LogP contribution in [0.4, 0.5) is 0 Å². The normalized spacial score (nSPS) is 9.76. The van der Waals surface area contributed by atoms with Crippen LogP contribution < -0.4 is 0 Å². The number of nitriles is 1. The molecule has 0 spiro atoms. The molecule has 0 bridgehead atoms. The van der Waals surface area contributed by atoms with Gasteiger partial charge in [0.05, 0.1) is 31.8 Å². The van der Waals surface area contributed by atoms with Crippen LogP contribution in [-0.4, -0.2) is 18.2 Å². The Hall–Kier alpha value is -1.86. The molecule has 0 aliphatic heterocycles. The van der Waals surface area contributed by atoms with Gasteiger partial charge in [0.2, 0.25) is 0 Å². The molecule has 90 valence electrons. The van der Waals surface area contributed by atoms with Gasteiger partial charge < -0.3 is 9.84 Å². The zero-order valence-electron chi connectivity index (χ0n) is 9.99. The first-order chi connectivity index (χ1) is 8.17. The number of aliphatic hydroxyl groups is 1. The number of nitrogens with zero attached hydrogens (tertiary/aromatic N) is 1. The number of esters is 1. The average molecular weight is 233 g/mol. The van der Waals surface area contributed by atoms with Crippen molar-refractivity contribution in [2.75, 3.05) is 7.11 Å². The number of carbonyl (C=O) groups is 1. The second kappa shape index (κ2) is 6.02. The number of carbonyl (C=O) groups excluding carboxylic acids is 1. The Balaban J connectivity index is 3.31. The van der Waals surface area contributed by atoms with Gasteiger partial charge in [-0.05, 0) is 23.1 Å². The minimum atomic E-state index is -0.383. The second-order valence-corrected chi connectivity index (χ2v) is 3.61. The van der Waals surface area contributed by atoms with E-state index in [1.165, 1.54) is 7.11 Å². The maximum absolute atomic E-state index is 11.3. The van der Waals surface area contributed by atoms with E-state index in [-0.39, 0.29) is 19.0 Å². The highest BCUT2D eigenvalue weighted by Gasteiger charge is 2.15. The Morgan fingerprint density at radius 3 is 2.59 bits per heavy atom. The van der Waals surface area contributed by atoms with Gasteiger partial charge in [0, 0.05) is 0 Å². The van der Waals surface area contributed by atoms with Crippen molar-refractivity contribution in [3.63, 3.8) is 0 Å². The Kier molecular flexibility index (Phi) is 4.68. The lowest BCUT2D eigenvalue weighted by Gasteiger charge is -2.11. The molecule has 0 unspecified atom stereocenters. The Labute approximate surface area is 100 Å². The number of aliphatic hydroxyl groups excluding tert-OH is 1. The van der Waals surface area contributed by atoms with Crippen LogP contribution in [0, 0.1) is 11.3 Å². The summed E-state index contributed by atoms with van der Waals surface area (Å²) in [5, 5.41) is 18.3. The van der Waals surface area contributed by atoms with Crippen LogP contribution >= 0.6 is 0 Å². The van der Waals surface area contributed by atoms with Crippen LogP contribution in [0.1, 0.15) is 29.2 Å². The highest BCUT2D eigenvalue weighted by atomic mass is 16.5. The fourth-order valence-corrected chi connectivity index (χ4v) is 1.76. The SMILES string of the molecule is CCc1ccc(CO)c(C#N)c1CC(=O)OC. The van der Waals surface area contributed by atoms with Crippen molar-refractivity contribution in [1.82, 2.24) is 0 Å². The van der Waals surface area contributed by atoms with Crippen molar-refractivity contribution < 1.29 is 14.6 Å². The standard InChI is InChI=1S/C13H15NO3/c1-3-9-4-5-10(8-15)12(7-14)11(9)6-13(16)17-2/h4-5,15H,3,6,8H2,1-2H3. The molecule has 0 aliphatic rings. The molecule has 1 rings (SSSR count). The summed E-state index contributed by atoms with van der Waals surface area (Å²) in [6, 6.07) is 5.61. The number of aryl methyl sites for hydroxylation is 1. The van der Waals surface area contributed by atoms with Gasteiger partial charge >= 0.3 is 5.97 Å². The highest BCUT2D eigenvalue weighted by Crippen LogP contribution is 2.20. The monoisotopic (exact) mass is 233 g/mol. The zero-order chi connectivity index (χ0) is 12.8. The molecule has 0 amide bonds. The summed E-state index contributed by atoms with van der Waals surface area (Å²) in [6.07, 6.45) is 0.795. The summed E-state index contributed by atoms with van der Waals surface area (Å²) in [5.74, 6) is -0.383. The highest BCUT2D eigenvalue weighted by molar-refractivity contribution is 5.74. The maximum Gasteiger partial charge on any atom is 0.310 e. The third-order valence-electron chi connectivity index (χ3n) is 2.71. The van der Waals surface area contributed by atoms with E-state index >= 15 is 0 Å². The van der Waals surface area contributed by atoms with Crippen LogP contribution in [0.5, 0.6) is 0 Å². The minimum absolute atomic E-state index is 0.0659. The molecule has 1 N–H and O–H groups in total. The molecule has 0 saturated heterocycles. The third kappa shape index (κ3) is 2.83. The summed E-state index contributed by atoms with van der Waals surface area (Å²) < 4.78 is 4.62. The Morgan fingerprint density at radius 2 is 2.12 bits per heavy atom. The molecule has 4 heteroatoms. The number of hydrogen-bond acceptors (Lipinski definition) is 4. The number of hydrogen-bond donors (Lipinski definition) is 1. The van der Waals surface area contributed by atoms with E-state index in [1.807, 2.05) is 13.0 Å². The molecule has 0 fully saturated rings. The molecular weight excluding hydrogens is 218 g/mol. The molecule has 0 saturated carbocycles. The molecule has 0 radical (unpaired) electrons. The lowest BCUT2D eigenvalue weighted by molar-refractivity contribution is -0.139. The molecule has 1 aromatic rings. The van der Waals surface area contributed by atoms with Crippen molar-refractivity contribution in [3.8, 4) is 6.07 Å². The summed E-state index contributed by atoms with van der Waals surface area (Å²) in [7, 11) is 1.32. The first-order valence-corrected chi connectivity index (χ1v) is 5.39. The van der Waals surface area contributed by atoms with Gasteiger partial charge in [-0.2, -0.15) is 5.26 Å². The summed E-state index contributed by atoms with van der Waals surface area (Å²) in [6.45, 7) is 1.75. The maximum atomic E-state index is 11.3. The number of rotatable bonds is 4. The van der Waals surface area contributed by atoms with E-state index in [1.54, 1.807) is 6.07 Å². The van der Waals surface area contributed by atoms with Crippen LogP contribution in [0.25, 0.3) is 0 Å². The Morgan fingerprint density at radius 1 is 1.47 bits per heavy atom. The molecule has 0 heterocycles. The second-order valence-electron chi connectivity index (χ2n) is 3.61. The number of methoxy groups -OCH3 is 1. The number of ether oxygens (including phenoxy) is 1. The van der Waals surface area contributed by atoms with Crippen molar-refractivity contribution in [1.29, 1.82) is 5.26 Å². The van der Waals surface area contributed by atoms with Gasteiger partial charge in [-0.1, -0.05) is 19.1 Å². The molecule has 0 atom stereocenters. The first kappa shape index (κ1) is 13.2. The predicted octanol–water partition coefficient (Wildman–Crippen LogP) is 1.33. The van der Waals surface area contributed by atoms with Crippen LogP contribution in [-0.2, 0) is 29.0 Å². The van der Waals surface area contributed by atoms with Crippen molar-refractivity contribution in [2.45, 2.75) is 26.4 Å². The van der Waals surface area contributed by atoms with Gasteiger partial charge in [-0.25, -0.2) is 0 Å². The van der Waals surface area contributed by atoms with Crippen molar-refractivity contribution >= 4 is 5.97 Å². The van der Waals surface area contributed by atoms with Gasteiger partial charge in [-0.15, -0.1) is 0 Å². The van der Waals surface area contributed by atoms with E-state index in [0.29, 0.717) is 16.7 Å². The third-order valence-corrected chi connectivity index (χ3v) is 2.71. The minimum Gasteiger partial charge on any atom is -0.469 e. The lowest BCUT2D eigenvalue weighted by Crippen LogP contribution is -2.10. The molecule has 4 nitrogen and oxygen atoms in total. The van der Waals surface area contributed by atoms with E-state index in [9.17, 15) is 4.79 Å². The first-order valence-electron chi connectivity index (χ1n) is 5.39. The topological polar surface area (TPSA) is 70.3 Å². The average Bonchev–Trinajstić information content (AvgIpc) is 2.37. The van der Waals surface area contributed by atoms with E-state index in [2.05, 4.69) is 10.8 Å². The zero-order valence-corrected chi connectivity index (χ0v) is 9.99. The van der Waals surface area contributed by atoms with Crippen molar-refractivity contribution in [3.05, 3.63) is 34.4 Å². The van der Waals surface area contributed by atoms with E-state index < -0.39 is 0 Å².